The predicted octanol–water partition coefficient (Wildman–Crippen LogP) is -0.210. The van der Waals surface area contributed by atoms with E-state index in [2.05, 4.69) is 0 Å². The van der Waals surface area contributed by atoms with Crippen LogP contribution in [0.25, 0.3) is 0 Å². The topological polar surface area (TPSA) is 94.8 Å². The minimum atomic E-state index is -1.27. The Labute approximate surface area is 69.6 Å². The molecule has 0 bridgehead atoms. The molecule has 5 nitrogen and oxygen atoms in total. The quantitative estimate of drug-likeness (QED) is 0.538. The van der Waals surface area contributed by atoms with E-state index >= 15 is 0 Å². The molecule has 0 aromatic heterocycles. The highest BCUT2D eigenvalue weighted by molar-refractivity contribution is 5.79. The van der Waals surface area contributed by atoms with Gasteiger partial charge in [-0.05, 0) is 6.42 Å². The minimum absolute atomic E-state index is 0.201. The zero-order chi connectivity index (χ0) is 9.72. The van der Waals surface area contributed by atoms with Crippen LogP contribution in [0.1, 0.15) is 13.3 Å². The first-order chi connectivity index (χ1) is 5.54. The maximum atomic E-state index is 10.5. The van der Waals surface area contributed by atoms with Gasteiger partial charge < -0.3 is 15.3 Å². The number of rotatable bonds is 5. The van der Waals surface area contributed by atoms with Gasteiger partial charge in [0.05, 0.1) is 18.4 Å². The molecule has 0 spiro atoms. The van der Waals surface area contributed by atoms with Crippen LogP contribution in [0.5, 0.6) is 0 Å². The van der Waals surface area contributed by atoms with Crippen LogP contribution in [0.4, 0.5) is 0 Å². The molecule has 0 aliphatic carbocycles. The normalized spacial score (nSPS) is 15.2. The van der Waals surface area contributed by atoms with E-state index in [0.29, 0.717) is 0 Å². The van der Waals surface area contributed by atoms with E-state index in [1.165, 1.54) is 0 Å². The lowest BCUT2D eigenvalue weighted by Gasteiger charge is -2.15. The standard InChI is InChI=1S/C7H12O5/c1-2-4(6(9)10)5(3-8)7(11)12/h4-5,8H,2-3H2,1H3,(H,9,10)(H,11,12)/t4-,5-/m1/s1. The first kappa shape index (κ1) is 10.9. The molecule has 2 atom stereocenters. The van der Waals surface area contributed by atoms with Gasteiger partial charge in [0.1, 0.15) is 0 Å². The average molecular weight is 176 g/mol. The van der Waals surface area contributed by atoms with Crippen molar-refractivity contribution in [1.82, 2.24) is 0 Å². The molecule has 3 N–H and O–H groups in total. The van der Waals surface area contributed by atoms with Crippen molar-refractivity contribution in [3.05, 3.63) is 0 Å². The number of aliphatic hydroxyl groups is 1. The highest BCUT2D eigenvalue weighted by atomic mass is 16.4. The van der Waals surface area contributed by atoms with E-state index in [-0.39, 0.29) is 6.42 Å². The number of carboxylic acids is 2. The SMILES string of the molecule is CC[C@@H](C(=O)O)[C@@H](CO)C(=O)O. The van der Waals surface area contributed by atoms with Crippen LogP contribution in [-0.2, 0) is 9.59 Å². The lowest BCUT2D eigenvalue weighted by atomic mass is 9.91. The second-order valence-corrected chi connectivity index (χ2v) is 2.48. The van der Waals surface area contributed by atoms with Crippen LogP contribution in [0.2, 0.25) is 0 Å². The van der Waals surface area contributed by atoms with Gasteiger partial charge in [-0.1, -0.05) is 6.92 Å². The largest absolute Gasteiger partial charge is 0.481 e. The summed E-state index contributed by atoms with van der Waals surface area (Å²) in [4.78, 5) is 20.9. The van der Waals surface area contributed by atoms with Crippen LogP contribution < -0.4 is 0 Å². The van der Waals surface area contributed by atoms with E-state index in [4.69, 9.17) is 15.3 Å². The summed E-state index contributed by atoms with van der Waals surface area (Å²) >= 11 is 0. The highest BCUT2D eigenvalue weighted by Crippen LogP contribution is 2.15. The second kappa shape index (κ2) is 4.71. The van der Waals surface area contributed by atoms with E-state index in [9.17, 15) is 9.59 Å². The molecular formula is C7H12O5. The van der Waals surface area contributed by atoms with Gasteiger partial charge in [-0.15, -0.1) is 0 Å². The van der Waals surface area contributed by atoms with Crippen molar-refractivity contribution in [3.63, 3.8) is 0 Å². The Kier molecular flexibility index (Phi) is 4.28. The van der Waals surface area contributed by atoms with E-state index in [1.54, 1.807) is 6.92 Å². The van der Waals surface area contributed by atoms with Gasteiger partial charge in [0.15, 0.2) is 0 Å². The fraction of sp³-hybridized carbons (Fsp3) is 0.714. The molecule has 0 aliphatic rings. The highest BCUT2D eigenvalue weighted by Gasteiger charge is 2.31. The van der Waals surface area contributed by atoms with Crippen molar-refractivity contribution in [2.45, 2.75) is 13.3 Å². The van der Waals surface area contributed by atoms with E-state index in [0.717, 1.165) is 0 Å². The molecule has 0 unspecified atom stereocenters. The van der Waals surface area contributed by atoms with Crippen molar-refractivity contribution in [3.8, 4) is 0 Å². The van der Waals surface area contributed by atoms with Crippen LogP contribution >= 0.6 is 0 Å². The lowest BCUT2D eigenvalue weighted by Crippen LogP contribution is -2.31. The molecule has 5 heteroatoms. The molecule has 12 heavy (non-hydrogen) atoms. The molecule has 0 fully saturated rings. The molecule has 0 aromatic rings. The van der Waals surface area contributed by atoms with Gasteiger partial charge in [0, 0.05) is 0 Å². The van der Waals surface area contributed by atoms with E-state index < -0.39 is 30.4 Å². The monoisotopic (exact) mass is 176 g/mol. The van der Waals surface area contributed by atoms with E-state index in [1.807, 2.05) is 0 Å². The average Bonchev–Trinajstić information content (AvgIpc) is 1.98. The summed E-state index contributed by atoms with van der Waals surface area (Å²) in [5, 5.41) is 25.7. The molecule has 0 saturated heterocycles. The maximum absolute atomic E-state index is 10.5. The molecular weight excluding hydrogens is 164 g/mol. The first-order valence-electron chi connectivity index (χ1n) is 3.61. The molecule has 0 heterocycles. The van der Waals surface area contributed by atoms with Gasteiger partial charge in [-0.3, -0.25) is 9.59 Å². The van der Waals surface area contributed by atoms with Crippen molar-refractivity contribution in [2.24, 2.45) is 11.8 Å². The molecule has 0 rings (SSSR count). The molecule has 0 aliphatic heterocycles. The first-order valence-corrected chi connectivity index (χ1v) is 3.61. The van der Waals surface area contributed by atoms with Gasteiger partial charge >= 0.3 is 11.9 Å². The summed E-state index contributed by atoms with van der Waals surface area (Å²) in [5.74, 6) is -4.66. The fourth-order valence-electron chi connectivity index (χ4n) is 1.01. The Bertz CT molecular complexity index is 157. The number of aliphatic hydroxyl groups excluding tert-OH is 1. The van der Waals surface area contributed by atoms with Gasteiger partial charge in [0.2, 0.25) is 0 Å². The third-order valence-corrected chi connectivity index (χ3v) is 1.76. The zero-order valence-electron chi connectivity index (χ0n) is 6.73. The summed E-state index contributed by atoms with van der Waals surface area (Å²) in [6, 6.07) is 0. The Morgan fingerprint density at radius 1 is 1.17 bits per heavy atom. The summed E-state index contributed by atoms with van der Waals surface area (Å²) in [5.41, 5.74) is 0. The third kappa shape index (κ3) is 2.50. The second-order valence-electron chi connectivity index (χ2n) is 2.48. The molecule has 0 amide bonds. The number of hydrogen-bond acceptors (Lipinski definition) is 3. The number of carbonyl (C=O) groups is 2. The van der Waals surface area contributed by atoms with Crippen molar-refractivity contribution in [2.75, 3.05) is 6.61 Å². The Hall–Kier alpha value is -1.10. The number of aliphatic carboxylic acids is 2. The molecule has 0 aromatic carbocycles. The molecule has 0 radical (unpaired) electrons. The Balaban J connectivity index is 4.44. The number of hydrogen-bond donors (Lipinski definition) is 3. The number of carboxylic acid groups (broad SMARTS) is 2. The van der Waals surface area contributed by atoms with Crippen LogP contribution in [0.15, 0.2) is 0 Å². The van der Waals surface area contributed by atoms with Crippen molar-refractivity contribution < 1.29 is 24.9 Å². The Morgan fingerprint density at radius 2 is 1.58 bits per heavy atom. The Morgan fingerprint density at radius 3 is 1.67 bits per heavy atom. The summed E-state index contributed by atoms with van der Waals surface area (Å²) in [7, 11) is 0. The minimum Gasteiger partial charge on any atom is -0.481 e. The lowest BCUT2D eigenvalue weighted by molar-refractivity contribution is -0.155. The van der Waals surface area contributed by atoms with Gasteiger partial charge in [-0.25, -0.2) is 0 Å². The van der Waals surface area contributed by atoms with Crippen LogP contribution in [0.3, 0.4) is 0 Å². The van der Waals surface area contributed by atoms with Crippen LogP contribution in [0, 0.1) is 11.8 Å². The van der Waals surface area contributed by atoms with Crippen molar-refractivity contribution >= 4 is 11.9 Å². The summed E-state index contributed by atoms with van der Waals surface area (Å²) in [6.45, 7) is 0.935. The maximum Gasteiger partial charge on any atom is 0.309 e. The van der Waals surface area contributed by atoms with Gasteiger partial charge in [0.25, 0.3) is 0 Å². The fourth-order valence-corrected chi connectivity index (χ4v) is 1.01. The van der Waals surface area contributed by atoms with Crippen LogP contribution in [-0.4, -0.2) is 33.9 Å². The molecule has 70 valence electrons. The third-order valence-electron chi connectivity index (χ3n) is 1.76. The summed E-state index contributed by atoms with van der Waals surface area (Å²) < 4.78 is 0. The zero-order valence-corrected chi connectivity index (χ0v) is 6.73. The van der Waals surface area contributed by atoms with Crippen molar-refractivity contribution in [1.29, 1.82) is 0 Å². The smallest absolute Gasteiger partial charge is 0.309 e. The summed E-state index contributed by atoms with van der Waals surface area (Å²) in [6.07, 6.45) is 0.201. The molecule has 0 saturated carbocycles. The van der Waals surface area contributed by atoms with Gasteiger partial charge in [-0.2, -0.15) is 0 Å². The predicted molar refractivity (Wildman–Crippen MR) is 39.6 cm³/mol.